The topological polar surface area (TPSA) is 130 Å². The molecule has 2 atom stereocenters. The molecule has 0 bridgehead atoms. The Morgan fingerprint density at radius 3 is 2.29 bits per heavy atom. The van der Waals surface area contributed by atoms with Crippen LogP contribution >= 0.6 is 0 Å². The van der Waals surface area contributed by atoms with Crippen LogP contribution in [0.25, 0.3) is 0 Å². The summed E-state index contributed by atoms with van der Waals surface area (Å²) < 4.78 is 0. The highest BCUT2D eigenvalue weighted by Crippen LogP contribution is 1.96. The van der Waals surface area contributed by atoms with Gasteiger partial charge in [-0.3, -0.25) is 15.0 Å². The molecular formula is C10H21N5O2. The van der Waals surface area contributed by atoms with E-state index >= 15 is 0 Å². The highest BCUT2D eigenvalue weighted by molar-refractivity contribution is 6.16. The van der Waals surface area contributed by atoms with E-state index in [2.05, 4.69) is 16.0 Å². The predicted molar refractivity (Wildman–Crippen MR) is 65.9 cm³/mol. The number of hydrogen-bond acceptors (Lipinski definition) is 5. The fourth-order valence-electron chi connectivity index (χ4n) is 1.16. The lowest BCUT2D eigenvalue weighted by molar-refractivity contribution is -0.119. The number of likely N-dealkylation sites (N-methyl/N-ethyl adjacent to an activating group) is 1. The number of hydrogen-bond donors (Lipinski definition) is 5. The summed E-state index contributed by atoms with van der Waals surface area (Å²) >= 11 is 0. The molecule has 0 aromatic rings. The van der Waals surface area contributed by atoms with Gasteiger partial charge < -0.3 is 21.7 Å². The van der Waals surface area contributed by atoms with Gasteiger partial charge in [-0.1, -0.05) is 0 Å². The van der Waals surface area contributed by atoms with Crippen molar-refractivity contribution in [3.63, 3.8) is 0 Å². The largest absolute Gasteiger partial charge is 0.385 e. The van der Waals surface area contributed by atoms with E-state index in [1.165, 1.54) is 0 Å². The molecule has 0 aliphatic carbocycles. The normalized spacial score (nSPS) is 18.5. The summed E-state index contributed by atoms with van der Waals surface area (Å²) in [7, 11) is 3.69. The van der Waals surface area contributed by atoms with Gasteiger partial charge in [0.25, 0.3) is 5.91 Å². The van der Waals surface area contributed by atoms with Crippen LogP contribution in [-0.4, -0.2) is 50.2 Å². The first kappa shape index (κ1) is 15.5. The molecule has 7 heteroatoms. The maximum Gasteiger partial charge on any atom is 0.251 e. The molecule has 1 saturated heterocycles. The molecular weight excluding hydrogens is 222 g/mol. The van der Waals surface area contributed by atoms with Crippen molar-refractivity contribution in [3.8, 4) is 0 Å². The smallest absolute Gasteiger partial charge is 0.251 e. The number of Topliss-reactive ketones (excluding diaryl/α,β-unsaturated/α-hetero) is 1. The van der Waals surface area contributed by atoms with Gasteiger partial charge in [-0.05, 0) is 34.0 Å². The molecule has 0 aromatic carbocycles. The highest BCUT2D eigenvalue weighted by atomic mass is 16.2. The van der Waals surface area contributed by atoms with Gasteiger partial charge in [-0.25, -0.2) is 0 Å². The molecule has 1 heterocycles. The second-order valence-electron chi connectivity index (χ2n) is 3.74. The Balaban J connectivity index is 0.000000318. The SMILES string of the molecule is CNCC[C@H](NC)C(C)=O.N=C(N)C1NC1=O. The average molecular weight is 243 g/mol. The molecule has 7 nitrogen and oxygen atoms in total. The number of amidine groups is 1. The van der Waals surface area contributed by atoms with Crippen molar-refractivity contribution >= 4 is 17.5 Å². The molecule has 17 heavy (non-hydrogen) atoms. The molecule has 1 rings (SSSR count). The lowest BCUT2D eigenvalue weighted by Gasteiger charge is -2.10. The van der Waals surface area contributed by atoms with Gasteiger partial charge in [0.05, 0.1) is 6.04 Å². The van der Waals surface area contributed by atoms with E-state index in [4.69, 9.17) is 11.1 Å². The fourth-order valence-corrected chi connectivity index (χ4v) is 1.16. The fraction of sp³-hybridized carbons (Fsp3) is 0.700. The van der Waals surface area contributed by atoms with Crippen molar-refractivity contribution in [2.75, 3.05) is 20.6 Å². The van der Waals surface area contributed by atoms with E-state index in [0.29, 0.717) is 0 Å². The Hall–Kier alpha value is -1.47. The molecule has 0 aromatic heterocycles. The Kier molecular flexibility index (Phi) is 7.08. The number of carbonyl (C=O) groups is 2. The van der Waals surface area contributed by atoms with Gasteiger partial charge in [0.2, 0.25) is 0 Å². The maximum atomic E-state index is 10.8. The van der Waals surface area contributed by atoms with E-state index in [1.54, 1.807) is 6.92 Å². The minimum atomic E-state index is -0.458. The molecule has 1 amide bonds. The van der Waals surface area contributed by atoms with E-state index in [9.17, 15) is 9.59 Å². The van der Waals surface area contributed by atoms with Crippen molar-refractivity contribution in [2.45, 2.75) is 25.4 Å². The summed E-state index contributed by atoms with van der Waals surface area (Å²) in [6.07, 6.45) is 0.863. The van der Waals surface area contributed by atoms with Crippen molar-refractivity contribution in [2.24, 2.45) is 5.73 Å². The van der Waals surface area contributed by atoms with Crippen LogP contribution in [0.3, 0.4) is 0 Å². The molecule has 0 saturated carbocycles. The quantitative estimate of drug-likeness (QED) is 0.213. The van der Waals surface area contributed by atoms with E-state index in [-0.39, 0.29) is 23.6 Å². The Bertz CT molecular complexity index is 292. The van der Waals surface area contributed by atoms with Gasteiger partial charge in [-0.15, -0.1) is 0 Å². The van der Waals surface area contributed by atoms with Gasteiger partial charge in [0.15, 0.2) is 6.04 Å². The van der Waals surface area contributed by atoms with E-state index < -0.39 is 6.04 Å². The number of nitrogens with one attached hydrogen (secondary N) is 4. The minimum absolute atomic E-state index is 0.0208. The van der Waals surface area contributed by atoms with Gasteiger partial charge >= 0.3 is 0 Å². The molecule has 1 aliphatic heterocycles. The molecule has 6 N–H and O–H groups in total. The van der Waals surface area contributed by atoms with Crippen LogP contribution in [0.4, 0.5) is 0 Å². The van der Waals surface area contributed by atoms with Crippen molar-refractivity contribution in [1.82, 2.24) is 16.0 Å². The van der Waals surface area contributed by atoms with Crippen LogP contribution in [0.2, 0.25) is 0 Å². The zero-order chi connectivity index (χ0) is 13.4. The number of amides is 1. The first-order valence-corrected chi connectivity index (χ1v) is 5.40. The summed E-state index contributed by atoms with van der Waals surface area (Å²) in [6.45, 7) is 2.49. The zero-order valence-corrected chi connectivity index (χ0v) is 10.5. The summed E-state index contributed by atoms with van der Waals surface area (Å²) in [5.74, 6) is -0.0322. The molecule has 1 unspecified atom stereocenters. The number of nitrogens with two attached hydrogens (primary N) is 1. The van der Waals surface area contributed by atoms with Crippen LogP contribution in [0.1, 0.15) is 13.3 Å². The molecule has 1 fully saturated rings. The van der Waals surface area contributed by atoms with Crippen molar-refractivity contribution in [3.05, 3.63) is 0 Å². The van der Waals surface area contributed by atoms with Crippen LogP contribution in [0.15, 0.2) is 0 Å². The Morgan fingerprint density at radius 2 is 2.12 bits per heavy atom. The van der Waals surface area contributed by atoms with Crippen LogP contribution < -0.4 is 21.7 Å². The lowest BCUT2D eigenvalue weighted by atomic mass is 10.1. The van der Waals surface area contributed by atoms with Crippen LogP contribution in [-0.2, 0) is 9.59 Å². The summed E-state index contributed by atoms with van der Waals surface area (Å²) in [5.41, 5.74) is 4.89. The summed E-state index contributed by atoms with van der Waals surface area (Å²) in [5, 5.41) is 14.9. The first-order valence-electron chi connectivity index (χ1n) is 5.40. The Labute approximate surface area is 101 Å². The third kappa shape index (κ3) is 6.64. The Morgan fingerprint density at radius 1 is 1.59 bits per heavy atom. The van der Waals surface area contributed by atoms with Crippen LogP contribution in [0.5, 0.6) is 0 Å². The third-order valence-corrected chi connectivity index (χ3v) is 2.30. The van der Waals surface area contributed by atoms with Crippen LogP contribution in [0, 0.1) is 5.41 Å². The highest BCUT2D eigenvalue weighted by Gasteiger charge is 2.36. The molecule has 1 aliphatic rings. The van der Waals surface area contributed by atoms with Crippen molar-refractivity contribution < 1.29 is 9.59 Å². The van der Waals surface area contributed by atoms with E-state index in [1.807, 2.05) is 14.1 Å². The second kappa shape index (κ2) is 7.75. The van der Waals surface area contributed by atoms with Gasteiger partial charge in [0, 0.05) is 0 Å². The molecule has 98 valence electrons. The summed E-state index contributed by atoms with van der Waals surface area (Å²) in [4.78, 5) is 20.8. The number of ketones is 1. The zero-order valence-electron chi connectivity index (χ0n) is 10.5. The molecule has 0 spiro atoms. The van der Waals surface area contributed by atoms with Gasteiger partial charge in [-0.2, -0.15) is 0 Å². The number of rotatable bonds is 6. The van der Waals surface area contributed by atoms with E-state index in [0.717, 1.165) is 13.0 Å². The monoisotopic (exact) mass is 243 g/mol. The predicted octanol–water partition coefficient (Wildman–Crippen LogP) is -1.81. The third-order valence-electron chi connectivity index (χ3n) is 2.30. The van der Waals surface area contributed by atoms with Crippen molar-refractivity contribution in [1.29, 1.82) is 5.41 Å². The van der Waals surface area contributed by atoms with Gasteiger partial charge in [0.1, 0.15) is 11.6 Å². The minimum Gasteiger partial charge on any atom is -0.385 e. The first-order chi connectivity index (χ1) is 7.93. The number of carbonyl (C=O) groups excluding carboxylic acids is 2. The lowest BCUT2D eigenvalue weighted by Crippen LogP contribution is -2.34. The molecule has 0 radical (unpaired) electrons. The standard InChI is InChI=1S/C7H16N2O.C3H5N3O/c1-6(10)7(9-3)4-5-8-2;4-2(5)1-3(7)6-1/h7-9H,4-5H2,1-3H3;1H,(H3,4,5)(H,6,7)/t7-;/m0./s1. The average Bonchev–Trinajstić information content (AvgIpc) is 2.97. The maximum absolute atomic E-state index is 10.8. The second-order valence-corrected chi connectivity index (χ2v) is 3.74. The summed E-state index contributed by atoms with van der Waals surface area (Å²) in [6, 6.07) is -0.438.